The Morgan fingerprint density at radius 1 is 1.41 bits per heavy atom. The highest BCUT2D eigenvalue weighted by Gasteiger charge is 2.20. The molecule has 92 valence electrons. The van der Waals surface area contributed by atoms with Crippen molar-refractivity contribution in [3.05, 3.63) is 36.4 Å². The largest absolute Gasteiger partial charge is 0.486 e. The molecule has 3 nitrogen and oxygen atoms in total. The number of hydrogen-bond acceptors (Lipinski definition) is 3. The Bertz CT molecular complexity index is 390. The van der Waals surface area contributed by atoms with E-state index >= 15 is 0 Å². The number of ether oxygens (including phenoxy) is 2. The molecule has 1 atom stereocenters. The molecule has 1 unspecified atom stereocenters. The van der Waals surface area contributed by atoms with Crippen LogP contribution in [0, 0.1) is 0 Å². The monoisotopic (exact) mass is 233 g/mol. The number of hydrogen-bond donors (Lipinski definition) is 1. The lowest BCUT2D eigenvalue weighted by molar-refractivity contribution is 0.168. The average Bonchev–Trinajstić information content (AvgIpc) is 2.40. The van der Waals surface area contributed by atoms with Gasteiger partial charge in [0.25, 0.3) is 0 Å². The highest BCUT2D eigenvalue weighted by molar-refractivity contribution is 5.48. The second-order valence-electron chi connectivity index (χ2n) is 4.08. The molecule has 0 saturated carbocycles. The summed E-state index contributed by atoms with van der Waals surface area (Å²) < 4.78 is 11.3. The number of rotatable bonds is 5. The molecule has 17 heavy (non-hydrogen) atoms. The summed E-state index contributed by atoms with van der Waals surface area (Å²) >= 11 is 0. The van der Waals surface area contributed by atoms with Crippen LogP contribution in [-0.4, -0.2) is 20.3 Å². The van der Waals surface area contributed by atoms with Crippen molar-refractivity contribution < 1.29 is 9.47 Å². The number of nitrogens with one attached hydrogen (secondary N) is 1. The van der Waals surface area contributed by atoms with Crippen molar-refractivity contribution >= 4 is 0 Å². The highest BCUT2D eigenvalue weighted by atomic mass is 16.6. The molecule has 1 aliphatic heterocycles. The van der Waals surface area contributed by atoms with Gasteiger partial charge in [0.05, 0.1) is 0 Å². The molecule has 0 aromatic heterocycles. The maximum Gasteiger partial charge on any atom is 0.166 e. The van der Waals surface area contributed by atoms with Crippen molar-refractivity contribution in [1.82, 2.24) is 5.32 Å². The Hall–Kier alpha value is -1.48. The smallest absolute Gasteiger partial charge is 0.166 e. The summed E-state index contributed by atoms with van der Waals surface area (Å²) in [5.74, 6) is 1.75. The van der Waals surface area contributed by atoms with Crippen LogP contribution < -0.4 is 14.8 Å². The Morgan fingerprint density at radius 3 is 3.00 bits per heavy atom. The first kappa shape index (κ1) is 12.0. The predicted molar refractivity (Wildman–Crippen MR) is 68.7 cm³/mol. The van der Waals surface area contributed by atoms with E-state index in [2.05, 4.69) is 18.0 Å². The van der Waals surface area contributed by atoms with Crippen LogP contribution in [0.25, 0.3) is 0 Å². The second-order valence-corrected chi connectivity index (χ2v) is 4.08. The normalized spacial score (nSPS) is 15.4. The van der Waals surface area contributed by atoms with Gasteiger partial charge in [-0.1, -0.05) is 18.2 Å². The van der Waals surface area contributed by atoms with E-state index in [0.717, 1.165) is 24.3 Å². The molecule has 2 rings (SSSR count). The molecule has 1 heterocycles. The topological polar surface area (TPSA) is 30.5 Å². The summed E-state index contributed by atoms with van der Waals surface area (Å²) in [7, 11) is 1.97. The highest BCUT2D eigenvalue weighted by Crippen LogP contribution is 2.38. The van der Waals surface area contributed by atoms with Gasteiger partial charge >= 0.3 is 0 Å². The molecule has 1 aromatic rings. The Labute approximate surface area is 102 Å². The van der Waals surface area contributed by atoms with E-state index in [1.807, 2.05) is 25.3 Å². The first-order valence-electron chi connectivity index (χ1n) is 6.03. The lowest BCUT2D eigenvalue weighted by Crippen LogP contribution is -2.21. The fraction of sp³-hybridized carbons (Fsp3) is 0.429. The van der Waals surface area contributed by atoms with Crippen molar-refractivity contribution in [2.45, 2.75) is 18.9 Å². The zero-order valence-corrected chi connectivity index (χ0v) is 10.2. The van der Waals surface area contributed by atoms with Gasteiger partial charge < -0.3 is 14.8 Å². The molecule has 0 saturated heterocycles. The molecule has 0 fully saturated rings. The molecule has 0 bridgehead atoms. The van der Waals surface area contributed by atoms with Crippen molar-refractivity contribution in [2.75, 3.05) is 20.3 Å². The third-order valence-electron chi connectivity index (χ3n) is 2.98. The molecule has 3 heteroatoms. The van der Waals surface area contributed by atoms with E-state index in [1.165, 1.54) is 5.56 Å². The zero-order chi connectivity index (χ0) is 12.1. The van der Waals surface area contributed by atoms with Gasteiger partial charge in [-0.15, -0.1) is 6.58 Å². The minimum absolute atomic E-state index is 0.282. The third-order valence-corrected chi connectivity index (χ3v) is 2.98. The molecule has 0 amide bonds. The maximum absolute atomic E-state index is 5.73. The van der Waals surface area contributed by atoms with Gasteiger partial charge in [0.15, 0.2) is 11.5 Å². The number of benzene rings is 1. The first-order valence-corrected chi connectivity index (χ1v) is 6.03. The van der Waals surface area contributed by atoms with Gasteiger partial charge in [0.1, 0.15) is 13.2 Å². The van der Waals surface area contributed by atoms with Gasteiger partial charge in [-0.25, -0.2) is 0 Å². The van der Waals surface area contributed by atoms with Crippen LogP contribution in [0.1, 0.15) is 24.4 Å². The molecular weight excluding hydrogens is 214 g/mol. The second kappa shape index (κ2) is 5.73. The maximum atomic E-state index is 5.73. The third kappa shape index (κ3) is 2.61. The molecule has 1 aliphatic rings. The van der Waals surface area contributed by atoms with E-state index in [0.29, 0.717) is 13.2 Å². The molecule has 1 N–H and O–H groups in total. The predicted octanol–water partition coefficient (Wildman–Crippen LogP) is 2.68. The molecule has 0 radical (unpaired) electrons. The summed E-state index contributed by atoms with van der Waals surface area (Å²) in [4.78, 5) is 0. The average molecular weight is 233 g/mol. The quantitative estimate of drug-likeness (QED) is 0.793. The number of fused-ring (bicyclic) bond motifs is 1. The van der Waals surface area contributed by atoms with Crippen LogP contribution in [0.3, 0.4) is 0 Å². The molecule has 0 aliphatic carbocycles. The minimum atomic E-state index is 0.282. The number of para-hydroxylation sites is 1. The molecule has 0 spiro atoms. The van der Waals surface area contributed by atoms with Crippen LogP contribution >= 0.6 is 0 Å². The van der Waals surface area contributed by atoms with Crippen LogP contribution in [0.15, 0.2) is 30.9 Å². The van der Waals surface area contributed by atoms with Crippen LogP contribution in [0.5, 0.6) is 11.5 Å². The Kier molecular flexibility index (Phi) is 4.04. The van der Waals surface area contributed by atoms with E-state index in [-0.39, 0.29) is 6.04 Å². The Balaban J connectivity index is 2.26. The van der Waals surface area contributed by atoms with Gasteiger partial charge in [0.2, 0.25) is 0 Å². The van der Waals surface area contributed by atoms with Crippen molar-refractivity contribution in [3.8, 4) is 11.5 Å². The molecule has 1 aromatic carbocycles. The van der Waals surface area contributed by atoms with E-state index in [9.17, 15) is 0 Å². The Morgan fingerprint density at radius 2 is 2.24 bits per heavy atom. The SMILES string of the molecule is C=CCCC(NC)c1cccc2c1OCCO2. The molecular formula is C14H19NO2. The van der Waals surface area contributed by atoms with Crippen molar-refractivity contribution in [1.29, 1.82) is 0 Å². The summed E-state index contributed by atoms with van der Waals surface area (Å²) in [6.45, 7) is 5.02. The summed E-state index contributed by atoms with van der Waals surface area (Å²) in [6, 6.07) is 6.35. The van der Waals surface area contributed by atoms with Gasteiger partial charge in [-0.2, -0.15) is 0 Å². The van der Waals surface area contributed by atoms with E-state index in [1.54, 1.807) is 0 Å². The summed E-state index contributed by atoms with van der Waals surface area (Å²) in [6.07, 6.45) is 3.94. The van der Waals surface area contributed by atoms with Crippen LogP contribution in [0.4, 0.5) is 0 Å². The van der Waals surface area contributed by atoms with Gasteiger partial charge in [-0.05, 0) is 26.0 Å². The summed E-state index contributed by atoms with van der Waals surface area (Å²) in [5, 5.41) is 3.32. The van der Waals surface area contributed by atoms with Crippen molar-refractivity contribution in [3.63, 3.8) is 0 Å². The van der Waals surface area contributed by atoms with Crippen molar-refractivity contribution in [2.24, 2.45) is 0 Å². The standard InChI is InChI=1S/C14H19NO2/c1-3-4-7-12(15-2)11-6-5-8-13-14(11)17-10-9-16-13/h3,5-6,8,12,15H,1,4,7,9-10H2,2H3. The first-order chi connectivity index (χ1) is 8.36. The summed E-state index contributed by atoms with van der Waals surface area (Å²) in [5.41, 5.74) is 1.17. The zero-order valence-electron chi connectivity index (χ0n) is 10.2. The van der Waals surface area contributed by atoms with Crippen LogP contribution in [-0.2, 0) is 0 Å². The van der Waals surface area contributed by atoms with Gasteiger partial charge in [-0.3, -0.25) is 0 Å². The van der Waals surface area contributed by atoms with E-state index in [4.69, 9.17) is 9.47 Å². The minimum Gasteiger partial charge on any atom is -0.486 e. The van der Waals surface area contributed by atoms with Gasteiger partial charge in [0, 0.05) is 11.6 Å². The fourth-order valence-corrected chi connectivity index (χ4v) is 2.11. The lowest BCUT2D eigenvalue weighted by Gasteiger charge is -2.25. The fourth-order valence-electron chi connectivity index (χ4n) is 2.11. The van der Waals surface area contributed by atoms with E-state index < -0.39 is 0 Å². The lowest BCUT2D eigenvalue weighted by atomic mass is 10.0. The number of allylic oxidation sites excluding steroid dienone is 1. The van der Waals surface area contributed by atoms with Crippen LogP contribution in [0.2, 0.25) is 0 Å².